The van der Waals surface area contributed by atoms with Crippen LogP contribution in [-0.2, 0) is 6.54 Å². The molecule has 0 bridgehead atoms. The summed E-state index contributed by atoms with van der Waals surface area (Å²) in [4.78, 5) is 4.26. The topological polar surface area (TPSA) is 47.3 Å². The summed E-state index contributed by atoms with van der Waals surface area (Å²) in [5.74, 6) is 1.50. The number of nitrogens with zero attached hydrogens (tertiary/aromatic N) is 2. The van der Waals surface area contributed by atoms with Crippen molar-refractivity contribution < 1.29 is 9.84 Å². The highest BCUT2D eigenvalue weighted by atomic mass is 16.5. The van der Waals surface area contributed by atoms with Gasteiger partial charge in [0.2, 0.25) is 0 Å². The molecule has 2 aromatic rings. The summed E-state index contributed by atoms with van der Waals surface area (Å²) in [6.07, 6.45) is 4.08. The lowest BCUT2D eigenvalue weighted by molar-refractivity contribution is 0.203. The van der Waals surface area contributed by atoms with Gasteiger partial charge in [-0.05, 0) is 38.0 Å². The third kappa shape index (κ3) is 3.39. The zero-order valence-electron chi connectivity index (χ0n) is 12.3. The van der Waals surface area contributed by atoms with Gasteiger partial charge in [0.15, 0.2) is 0 Å². The summed E-state index contributed by atoms with van der Waals surface area (Å²) in [6, 6.07) is 7.53. The zero-order chi connectivity index (χ0) is 14.5. The van der Waals surface area contributed by atoms with E-state index in [2.05, 4.69) is 11.9 Å². The number of ether oxygens (including phenoxy) is 1. The summed E-state index contributed by atoms with van der Waals surface area (Å²) in [7, 11) is 0. The minimum Gasteiger partial charge on any atom is -0.491 e. The molecule has 1 aromatic heterocycles. The van der Waals surface area contributed by atoms with Crippen LogP contribution in [0, 0.1) is 0 Å². The van der Waals surface area contributed by atoms with Crippen molar-refractivity contribution in [2.75, 3.05) is 0 Å². The van der Waals surface area contributed by atoms with Gasteiger partial charge in [-0.15, -0.1) is 0 Å². The van der Waals surface area contributed by atoms with E-state index in [-0.39, 0.29) is 6.10 Å². The number of aliphatic hydroxyl groups is 1. The first-order valence-electron chi connectivity index (χ1n) is 7.07. The maximum atomic E-state index is 10.4. The average Bonchev–Trinajstić information content (AvgIpc) is 2.87. The van der Waals surface area contributed by atoms with Gasteiger partial charge in [0.05, 0.1) is 6.10 Å². The second-order valence-electron chi connectivity index (χ2n) is 5.12. The van der Waals surface area contributed by atoms with Crippen molar-refractivity contribution in [1.29, 1.82) is 0 Å². The predicted octanol–water partition coefficient (Wildman–Crippen LogP) is 3.16. The number of aromatic nitrogens is 2. The molecule has 0 saturated carbocycles. The Balaban J connectivity index is 2.16. The van der Waals surface area contributed by atoms with Gasteiger partial charge in [-0.1, -0.05) is 19.1 Å². The number of hydrogen-bond acceptors (Lipinski definition) is 3. The molecule has 108 valence electrons. The molecule has 0 radical (unpaired) electrons. The van der Waals surface area contributed by atoms with Crippen LogP contribution in [0.3, 0.4) is 0 Å². The Labute approximate surface area is 120 Å². The van der Waals surface area contributed by atoms with Crippen molar-refractivity contribution in [1.82, 2.24) is 9.55 Å². The average molecular weight is 274 g/mol. The molecule has 1 heterocycles. The highest BCUT2D eigenvalue weighted by Gasteiger charge is 2.16. The Hall–Kier alpha value is -1.81. The maximum absolute atomic E-state index is 10.4. The number of imidazole rings is 1. The minimum atomic E-state index is -0.704. The number of benzene rings is 1. The summed E-state index contributed by atoms with van der Waals surface area (Å²) in [6.45, 7) is 6.95. The summed E-state index contributed by atoms with van der Waals surface area (Å²) < 4.78 is 7.59. The molecule has 1 unspecified atom stereocenters. The van der Waals surface area contributed by atoms with Gasteiger partial charge in [-0.25, -0.2) is 4.98 Å². The Bertz CT molecular complexity index is 532. The quantitative estimate of drug-likeness (QED) is 0.880. The molecule has 0 saturated heterocycles. The monoisotopic (exact) mass is 274 g/mol. The van der Waals surface area contributed by atoms with Crippen LogP contribution in [0.4, 0.5) is 0 Å². The largest absolute Gasteiger partial charge is 0.491 e. The first-order valence-corrected chi connectivity index (χ1v) is 7.07. The lowest BCUT2D eigenvalue weighted by atomic mass is 10.1. The first-order chi connectivity index (χ1) is 9.61. The Morgan fingerprint density at radius 2 is 1.95 bits per heavy atom. The second kappa shape index (κ2) is 6.57. The molecular formula is C16H22N2O2. The fourth-order valence-electron chi connectivity index (χ4n) is 2.15. The van der Waals surface area contributed by atoms with Crippen LogP contribution >= 0.6 is 0 Å². The van der Waals surface area contributed by atoms with Crippen molar-refractivity contribution in [3.8, 4) is 5.75 Å². The summed E-state index contributed by atoms with van der Waals surface area (Å²) in [5.41, 5.74) is 0.824. The van der Waals surface area contributed by atoms with Crippen LogP contribution in [0.5, 0.6) is 5.75 Å². The molecule has 2 rings (SSSR count). The van der Waals surface area contributed by atoms with Gasteiger partial charge in [-0.2, -0.15) is 0 Å². The fourth-order valence-corrected chi connectivity index (χ4v) is 2.15. The van der Waals surface area contributed by atoms with Gasteiger partial charge in [0.1, 0.15) is 17.7 Å². The van der Waals surface area contributed by atoms with Crippen LogP contribution in [-0.4, -0.2) is 20.8 Å². The molecule has 0 spiro atoms. The van der Waals surface area contributed by atoms with Crippen molar-refractivity contribution >= 4 is 0 Å². The van der Waals surface area contributed by atoms with Gasteiger partial charge >= 0.3 is 0 Å². The minimum absolute atomic E-state index is 0.147. The Morgan fingerprint density at radius 1 is 1.25 bits per heavy atom. The SMILES string of the molecule is CCCn1ccnc1C(O)c1ccc(OC(C)C)cc1. The molecule has 0 amide bonds. The molecule has 4 heteroatoms. The van der Waals surface area contributed by atoms with Crippen LogP contribution < -0.4 is 4.74 Å². The highest BCUT2D eigenvalue weighted by Crippen LogP contribution is 2.23. The van der Waals surface area contributed by atoms with Crippen molar-refractivity contribution in [3.63, 3.8) is 0 Å². The number of aliphatic hydroxyl groups excluding tert-OH is 1. The normalized spacial score (nSPS) is 12.7. The summed E-state index contributed by atoms with van der Waals surface area (Å²) in [5, 5.41) is 10.4. The van der Waals surface area contributed by atoms with E-state index in [9.17, 15) is 5.11 Å². The summed E-state index contributed by atoms with van der Waals surface area (Å²) >= 11 is 0. The van der Waals surface area contributed by atoms with Gasteiger partial charge in [-0.3, -0.25) is 0 Å². The Kier molecular flexibility index (Phi) is 4.79. The molecule has 1 atom stereocenters. The predicted molar refractivity (Wildman–Crippen MR) is 78.8 cm³/mol. The number of hydrogen-bond donors (Lipinski definition) is 1. The van der Waals surface area contributed by atoms with Crippen molar-refractivity contribution in [3.05, 3.63) is 48.0 Å². The fraction of sp³-hybridized carbons (Fsp3) is 0.438. The third-order valence-corrected chi connectivity index (χ3v) is 3.02. The smallest absolute Gasteiger partial charge is 0.142 e. The molecular weight excluding hydrogens is 252 g/mol. The molecule has 20 heavy (non-hydrogen) atoms. The second-order valence-corrected chi connectivity index (χ2v) is 5.12. The molecule has 1 N–H and O–H groups in total. The molecule has 0 aliphatic carbocycles. The van der Waals surface area contributed by atoms with Crippen molar-refractivity contribution in [2.45, 2.75) is 45.9 Å². The van der Waals surface area contributed by atoms with E-state index in [1.165, 1.54) is 0 Å². The zero-order valence-corrected chi connectivity index (χ0v) is 12.3. The molecule has 0 fully saturated rings. The molecule has 4 nitrogen and oxygen atoms in total. The van der Waals surface area contributed by atoms with E-state index in [0.29, 0.717) is 5.82 Å². The highest BCUT2D eigenvalue weighted by molar-refractivity contribution is 5.31. The van der Waals surface area contributed by atoms with Gasteiger partial charge in [0, 0.05) is 18.9 Å². The van der Waals surface area contributed by atoms with Gasteiger partial charge in [0.25, 0.3) is 0 Å². The van der Waals surface area contributed by atoms with E-state index in [1.54, 1.807) is 6.20 Å². The lowest BCUT2D eigenvalue weighted by Gasteiger charge is -2.14. The standard InChI is InChI=1S/C16H22N2O2/c1-4-10-18-11-9-17-16(18)15(19)13-5-7-14(8-6-13)20-12(2)3/h5-9,11-12,15,19H,4,10H2,1-3H3. The van der Waals surface area contributed by atoms with Crippen LogP contribution in [0.2, 0.25) is 0 Å². The van der Waals surface area contributed by atoms with E-state index < -0.39 is 6.10 Å². The van der Waals surface area contributed by atoms with Crippen LogP contribution in [0.1, 0.15) is 44.7 Å². The third-order valence-electron chi connectivity index (χ3n) is 3.02. The Morgan fingerprint density at radius 3 is 2.55 bits per heavy atom. The molecule has 0 aliphatic heterocycles. The van der Waals surface area contributed by atoms with E-state index in [4.69, 9.17) is 4.74 Å². The number of rotatable bonds is 6. The van der Waals surface area contributed by atoms with Crippen LogP contribution in [0.25, 0.3) is 0 Å². The van der Waals surface area contributed by atoms with E-state index in [0.717, 1.165) is 24.3 Å². The van der Waals surface area contributed by atoms with Crippen molar-refractivity contribution in [2.24, 2.45) is 0 Å². The number of aryl methyl sites for hydroxylation is 1. The lowest BCUT2D eigenvalue weighted by Crippen LogP contribution is -2.10. The van der Waals surface area contributed by atoms with E-state index >= 15 is 0 Å². The maximum Gasteiger partial charge on any atom is 0.142 e. The van der Waals surface area contributed by atoms with Gasteiger partial charge < -0.3 is 14.4 Å². The molecule has 0 aliphatic rings. The van der Waals surface area contributed by atoms with E-state index in [1.807, 2.05) is 48.9 Å². The van der Waals surface area contributed by atoms with Crippen LogP contribution in [0.15, 0.2) is 36.7 Å². The first kappa shape index (κ1) is 14.6. The molecule has 1 aromatic carbocycles.